The molecule has 0 bridgehead atoms. The van der Waals surface area contributed by atoms with Gasteiger partial charge in [-0.1, -0.05) is 81.5 Å². The number of pyridine rings is 2. The second kappa shape index (κ2) is 17.3. The zero-order valence-electron chi connectivity index (χ0n) is 29.5. The van der Waals surface area contributed by atoms with E-state index >= 15 is 0 Å². The van der Waals surface area contributed by atoms with Crippen molar-refractivity contribution in [2.24, 2.45) is 7.05 Å². The van der Waals surface area contributed by atoms with Crippen molar-refractivity contribution in [1.82, 2.24) is 19.8 Å². The van der Waals surface area contributed by atoms with E-state index in [1.807, 2.05) is 34.9 Å². The minimum Gasteiger partial charge on any atom is -0.355 e. The van der Waals surface area contributed by atoms with Crippen molar-refractivity contribution >= 4 is 22.6 Å². The maximum Gasteiger partial charge on any atom is 0.263 e. The topological polar surface area (TPSA) is 102 Å². The van der Waals surface area contributed by atoms with E-state index in [-0.39, 0.29) is 34.1 Å². The fourth-order valence-electron chi connectivity index (χ4n) is 7.31. The lowest BCUT2D eigenvalue weighted by Crippen LogP contribution is -2.35. The van der Waals surface area contributed by atoms with Crippen molar-refractivity contribution in [3.63, 3.8) is 0 Å². The molecule has 2 amide bonds. The standard InChI is InChI=1S/C27H32N2O2.C14H20N2O2/c1-2-3-17-29-25-16-7-5-4-6-12-21(25)18-24(27(29)31)26(30)28-19-22-14-10-13-20-11-8-9-15-23(20)22;1-15-13(17)11-9-10-7-5-3-4-6-8-12(10)16(2)14(11)18/h8-11,13-15,18H,2-7,12,16-17,19H2,1H3,(H,28,30);9H,3-8H2,1-2H3,(H,15,17). The minimum absolute atomic E-state index is 0.136. The van der Waals surface area contributed by atoms with Crippen LogP contribution in [-0.4, -0.2) is 28.0 Å². The smallest absolute Gasteiger partial charge is 0.263 e. The molecule has 0 radical (unpaired) electrons. The SMILES string of the molecule is CCCCn1c2c(cc(C(=O)NCc3cccc4ccccc34)c1=O)CCCCCC2.CNC(=O)c1cc2c(n(C)c1=O)CCCCCC2. The molecule has 260 valence electrons. The molecule has 0 atom stereocenters. The predicted octanol–water partition coefficient (Wildman–Crippen LogP) is 6.79. The number of carbonyl (C=O) groups is 2. The maximum atomic E-state index is 13.3. The molecule has 0 spiro atoms. The molecular formula is C41H52N4O4. The van der Waals surface area contributed by atoms with Crippen molar-refractivity contribution in [3.8, 4) is 0 Å². The largest absolute Gasteiger partial charge is 0.355 e. The fraction of sp³-hybridized carbons (Fsp3) is 0.463. The molecule has 0 aliphatic heterocycles. The highest BCUT2D eigenvalue weighted by molar-refractivity contribution is 5.95. The molecule has 2 aromatic carbocycles. The lowest BCUT2D eigenvalue weighted by molar-refractivity contribution is 0.0944. The van der Waals surface area contributed by atoms with Gasteiger partial charge in [0, 0.05) is 38.6 Å². The van der Waals surface area contributed by atoms with Crippen LogP contribution in [0.25, 0.3) is 10.8 Å². The maximum absolute atomic E-state index is 13.3. The molecule has 4 aromatic rings. The van der Waals surface area contributed by atoms with Crippen LogP contribution in [0.5, 0.6) is 0 Å². The Kier molecular flexibility index (Phi) is 12.6. The second-order valence-corrected chi connectivity index (χ2v) is 13.5. The van der Waals surface area contributed by atoms with Gasteiger partial charge in [-0.2, -0.15) is 0 Å². The lowest BCUT2D eigenvalue weighted by atomic mass is 9.95. The Hall–Kier alpha value is -4.46. The third-order valence-electron chi connectivity index (χ3n) is 10.1. The van der Waals surface area contributed by atoms with Gasteiger partial charge >= 0.3 is 0 Å². The van der Waals surface area contributed by atoms with E-state index in [4.69, 9.17) is 0 Å². The van der Waals surface area contributed by atoms with Crippen LogP contribution in [-0.2, 0) is 45.8 Å². The average molecular weight is 665 g/mol. The number of fused-ring (bicyclic) bond motifs is 3. The van der Waals surface area contributed by atoms with Gasteiger partial charge in [0.2, 0.25) is 0 Å². The quantitative estimate of drug-likeness (QED) is 0.227. The monoisotopic (exact) mass is 664 g/mol. The molecule has 0 fully saturated rings. The molecule has 0 saturated carbocycles. The number of rotatable bonds is 7. The summed E-state index contributed by atoms with van der Waals surface area (Å²) in [5.74, 6) is -0.562. The summed E-state index contributed by atoms with van der Waals surface area (Å²) in [5, 5.41) is 7.82. The lowest BCUT2D eigenvalue weighted by Gasteiger charge is -2.21. The Morgan fingerprint density at radius 1 is 0.714 bits per heavy atom. The van der Waals surface area contributed by atoms with Crippen LogP contribution in [0.1, 0.15) is 120 Å². The number of benzene rings is 2. The molecule has 8 nitrogen and oxygen atoms in total. The summed E-state index contributed by atoms with van der Waals surface area (Å²) in [4.78, 5) is 50.3. The van der Waals surface area contributed by atoms with Crippen LogP contribution in [0, 0.1) is 0 Å². The van der Waals surface area contributed by atoms with Crippen molar-refractivity contribution < 1.29 is 9.59 Å². The van der Waals surface area contributed by atoms with E-state index in [0.717, 1.165) is 97.5 Å². The van der Waals surface area contributed by atoms with Crippen molar-refractivity contribution in [2.45, 2.75) is 110 Å². The molecule has 2 N–H and O–H groups in total. The first-order chi connectivity index (χ1) is 23.8. The molecule has 0 unspecified atom stereocenters. The highest BCUT2D eigenvalue weighted by Gasteiger charge is 2.21. The number of carbonyl (C=O) groups excluding carboxylic acids is 2. The highest BCUT2D eigenvalue weighted by atomic mass is 16.2. The van der Waals surface area contributed by atoms with Gasteiger partial charge in [0.05, 0.1) is 0 Å². The molecule has 6 rings (SSSR count). The summed E-state index contributed by atoms with van der Waals surface area (Å²) >= 11 is 0. The van der Waals surface area contributed by atoms with Gasteiger partial charge in [-0.05, 0) is 97.4 Å². The summed E-state index contributed by atoms with van der Waals surface area (Å²) in [6.07, 6.45) is 15.2. The zero-order valence-corrected chi connectivity index (χ0v) is 29.5. The van der Waals surface area contributed by atoms with Gasteiger partial charge in [-0.15, -0.1) is 0 Å². The number of hydrogen-bond donors (Lipinski definition) is 2. The Balaban J connectivity index is 0.000000221. The Labute approximate surface area is 289 Å². The van der Waals surface area contributed by atoms with Crippen LogP contribution in [0.3, 0.4) is 0 Å². The number of nitrogens with one attached hydrogen (secondary N) is 2. The van der Waals surface area contributed by atoms with Crippen molar-refractivity contribution in [3.05, 3.63) is 115 Å². The van der Waals surface area contributed by atoms with Crippen molar-refractivity contribution in [1.29, 1.82) is 0 Å². The molecule has 0 saturated heterocycles. The molecule has 2 aromatic heterocycles. The highest BCUT2D eigenvalue weighted by Crippen LogP contribution is 2.22. The van der Waals surface area contributed by atoms with Crippen LogP contribution < -0.4 is 21.8 Å². The molecule has 49 heavy (non-hydrogen) atoms. The van der Waals surface area contributed by atoms with E-state index in [0.29, 0.717) is 13.1 Å². The molecule has 2 aliphatic rings. The second-order valence-electron chi connectivity index (χ2n) is 13.5. The number of nitrogens with zero attached hydrogens (tertiary/aromatic N) is 2. The van der Waals surface area contributed by atoms with E-state index in [1.54, 1.807) is 24.7 Å². The Morgan fingerprint density at radius 2 is 1.31 bits per heavy atom. The molecule has 2 aliphatic carbocycles. The minimum atomic E-state index is -0.291. The van der Waals surface area contributed by atoms with E-state index in [2.05, 4.69) is 35.8 Å². The van der Waals surface area contributed by atoms with Gasteiger partial charge in [-0.25, -0.2) is 0 Å². The number of unbranched alkanes of at least 4 members (excludes halogenated alkanes) is 1. The van der Waals surface area contributed by atoms with Crippen LogP contribution in [0.2, 0.25) is 0 Å². The van der Waals surface area contributed by atoms with Crippen molar-refractivity contribution in [2.75, 3.05) is 7.05 Å². The van der Waals surface area contributed by atoms with Gasteiger partial charge in [0.1, 0.15) is 11.1 Å². The molecule has 2 heterocycles. The Bertz CT molecular complexity index is 1900. The molecule has 8 heteroatoms. The third kappa shape index (κ3) is 8.59. The zero-order chi connectivity index (χ0) is 34.8. The number of aromatic nitrogens is 2. The van der Waals surface area contributed by atoms with Gasteiger partial charge < -0.3 is 19.8 Å². The first-order valence-electron chi connectivity index (χ1n) is 18.3. The summed E-state index contributed by atoms with van der Waals surface area (Å²) in [6.45, 7) is 3.24. The fourth-order valence-corrected chi connectivity index (χ4v) is 7.31. The molecular weight excluding hydrogens is 612 g/mol. The van der Waals surface area contributed by atoms with Gasteiger partial charge in [0.25, 0.3) is 22.9 Å². The summed E-state index contributed by atoms with van der Waals surface area (Å²) < 4.78 is 3.56. The average Bonchev–Trinajstić information content (AvgIpc) is 3.09. The normalized spacial score (nSPS) is 14.5. The predicted molar refractivity (Wildman–Crippen MR) is 198 cm³/mol. The summed E-state index contributed by atoms with van der Waals surface area (Å²) in [5.41, 5.74) is 5.90. The van der Waals surface area contributed by atoms with Gasteiger partial charge in [-0.3, -0.25) is 19.2 Å². The first-order valence-corrected chi connectivity index (χ1v) is 18.3. The summed E-state index contributed by atoms with van der Waals surface area (Å²) in [7, 11) is 3.33. The number of aryl methyl sites for hydroxylation is 2. The summed E-state index contributed by atoms with van der Waals surface area (Å²) in [6, 6.07) is 17.9. The van der Waals surface area contributed by atoms with E-state index < -0.39 is 0 Å². The van der Waals surface area contributed by atoms with Crippen LogP contribution in [0.15, 0.2) is 64.2 Å². The van der Waals surface area contributed by atoms with Crippen LogP contribution in [0.4, 0.5) is 0 Å². The van der Waals surface area contributed by atoms with E-state index in [9.17, 15) is 19.2 Å². The number of hydrogen-bond acceptors (Lipinski definition) is 4. The van der Waals surface area contributed by atoms with Crippen LogP contribution >= 0.6 is 0 Å². The van der Waals surface area contributed by atoms with E-state index in [1.165, 1.54) is 31.2 Å². The Morgan fingerprint density at radius 3 is 1.98 bits per heavy atom. The number of amides is 2. The third-order valence-corrected chi connectivity index (χ3v) is 10.1. The first kappa shape index (κ1) is 35.8. The van der Waals surface area contributed by atoms with Gasteiger partial charge in [0.15, 0.2) is 0 Å².